The number of amides is 1. The second-order valence-corrected chi connectivity index (χ2v) is 6.66. The van der Waals surface area contributed by atoms with Gasteiger partial charge in [-0.3, -0.25) is 9.59 Å². The van der Waals surface area contributed by atoms with Crippen LogP contribution < -0.4 is 10.9 Å². The molecule has 0 radical (unpaired) electrons. The fourth-order valence-corrected chi connectivity index (χ4v) is 3.48. The predicted molar refractivity (Wildman–Crippen MR) is 108 cm³/mol. The Morgan fingerprint density at radius 2 is 2.00 bits per heavy atom. The highest BCUT2D eigenvalue weighted by Gasteiger charge is 2.28. The van der Waals surface area contributed by atoms with Crippen LogP contribution in [0.1, 0.15) is 24.1 Å². The Kier molecular flexibility index (Phi) is 6.11. The number of halogens is 1. The number of aromatic nitrogens is 4. The van der Waals surface area contributed by atoms with E-state index < -0.39 is 0 Å². The number of nitrogens with one attached hydrogen (secondary N) is 1. The average Bonchev–Trinajstić information content (AvgIpc) is 3.20. The summed E-state index contributed by atoms with van der Waals surface area (Å²) in [7, 11) is 0. The van der Waals surface area contributed by atoms with E-state index in [1.807, 2.05) is 4.90 Å². The van der Waals surface area contributed by atoms with Crippen molar-refractivity contribution in [3.05, 3.63) is 64.3 Å². The van der Waals surface area contributed by atoms with E-state index in [0.29, 0.717) is 18.6 Å². The van der Waals surface area contributed by atoms with E-state index in [9.17, 15) is 9.59 Å². The first-order valence-corrected chi connectivity index (χ1v) is 9.16. The van der Waals surface area contributed by atoms with Gasteiger partial charge >= 0.3 is 0 Å². The molecule has 1 aliphatic heterocycles. The molecule has 3 heterocycles. The summed E-state index contributed by atoms with van der Waals surface area (Å²) in [6.45, 7) is 4.07. The third-order valence-electron chi connectivity index (χ3n) is 5.05. The Bertz CT molecular complexity index is 1010. The topological polar surface area (TPSA) is 84.5 Å². The van der Waals surface area contributed by atoms with Crippen molar-refractivity contribution in [1.29, 1.82) is 0 Å². The van der Waals surface area contributed by atoms with Crippen molar-refractivity contribution in [3.63, 3.8) is 0 Å². The van der Waals surface area contributed by atoms with Gasteiger partial charge in [0.2, 0.25) is 5.91 Å². The van der Waals surface area contributed by atoms with Crippen LogP contribution in [0.25, 0.3) is 5.52 Å². The van der Waals surface area contributed by atoms with Crippen molar-refractivity contribution >= 4 is 23.8 Å². The van der Waals surface area contributed by atoms with E-state index in [2.05, 4.69) is 46.7 Å². The Labute approximate surface area is 168 Å². The molecule has 1 aromatic carbocycles. The number of rotatable bonds is 4. The molecule has 8 nitrogen and oxygen atoms in total. The maximum Gasteiger partial charge on any atom is 0.293 e. The van der Waals surface area contributed by atoms with Crippen LogP contribution in [-0.4, -0.2) is 49.8 Å². The fourth-order valence-electron chi connectivity index (χ4n) is 3.48. The molecule has 4 rings (SSSR count). The Balaban J connectivity index is 0.00000225. The largest absolute Gasteiger partial charge is 0.331 e. The predicted octanol–water partition coefficient (Wildman–Crippen LogP) is 1.05. The average molecular weight is 403 g/mol. The fraction of sp³-hybridized carbons (Fsp3) is 0.368. The molecule has 0 bridgehead atoms. The number of fused-ring (bicyclic) bond motifs is 1. The van der Waals surface area contributed by atoms with Crippen molar-refractivity contribution in [3.8, 4) is 0 Å². The first-order chi connectivity index (χ1) is 13.2. The zero-order chi connectivity index (χ0) is 18.8. The summed E-state index contributed by atoms with van der Waals surface area (Å²) in [6.07, 6.45) is 3.97. The van der Waals surface area contributed by atoms with Crippen molar-refractivity contribution in [2.75, 3.05) is 19.6 Å². The monoisotopic (exact) mass is 402 g/mol. The molecule has 28 heavy (non-hydrogen) atoms. The summed E-state index contributed by atoms with van der Waals surface area (Å²) in [5.74, 6) is -0.112. The minimum absolute atomic E-state index is 0. The van der Waals surface area contributed by atoms with Gasteiger partial charge in [0.15, 0.2) is 0 Å². The lowest BCUT2D eigenvalue weighted by atomic mass is 10.0. The second kappa shape index (κ2) is 8.53. The lowest BCUT2D eigenvalue weighted by molar-refractivity contribution is -0.135. The summed E-state index contributed by atoms with van der Waals surface area (Å²) in [5.41, 5.74) is 2.46. The van der Waals surface area contributed by atoms with E-state index in [0.717, 1.165) is 18.5 Å². The number of carbonyl (C=O) groups excluding carboxylic acids is 1. The lowest BCUT2D eigenvalue weighted by Crippen LogP contribution is -2.50. The molecule has 3 aromatic rings. The standard InChI is InChI=1S/C19H22N6O2.ClH/c1-2-14-3-5-15(6-4-14)17-11-20-9-10-23(17)18(26)12-24-19(27)16-7-8-21-25(16)13-22-24;/h3-8,13,17,20H,2,9-12H2,1H3;1H. The Hall–Kier alpha value is -2.71. The number of hydrogen-bond acceptors (Lipinski definition) is 5. The summed E-state index contributed by atoms with van der Waals surface area (Å²) in [4.78, 5) is 27.3. The molecule has 1 saturated heterocycles. The van der Waals surface area contributed by atoms with Crippen LogP contribution in [-0.2, 0) is 17.8 Å². The molecule has 2 aromatic heterocycles. The molecular weight excluding hydrogens is 380 g/mol. The molecule has 1 aliphatic rings. The number of piperazine rings is 1. The highest BCUT2D eigenvalue weighted by atomic mass is 35.5. The number of nitrogens with zero attached hydrogens (tertiary/aromatic N) is 5. The Morgan fingerprint density at radius 1 is 1.21 bits per heavy atom. The molecule has 1 atom stereocenters. The summed E-state index contributed by atoms with van der Waals surface area (Å²) in [6, 6.07) is 9.94. The van der Waals surface area contributed by atoms with Gasteiger partial charge in [-0.05, 0) is 23.6 Å². The number of aryl methyl sites for hydroxylation is 1. The third-order valence-corrected chi connectivity index (χ3v) is 5.05. The van der Waals surface area contributed by atoms with Crippen LogP contribution >= 0.6 is 12.4 Å². The number of benzene rings is 1. The third kappa shape index (κ3) is 3.79. The van der Waals surface area contributed by atoms with Gasteiger partial charge in [0.1, 0.15) is 18.4 Å². The summed E-state index contributed by atoms with van der Waals surface area (Å²) < 4.78 is 2.62. The van der Waals surface area contributed by atoms with E-state index >= 15 is 0 Å². The molecule has 1 N–H and O–H groups in total. The SMILES string of the molecule is CCc1ccc(C2CNCCN2C(=O)Cn2ncn3nccc3c2=O)cc1.Cl. The summed E-state index contributed by atoms with van der Waals surface area (Å²) >= 11 is 0. The Morgan fingerprint density at radius 3 is 2.75 bits per heavy atom. The molecule has 1 amide bonds. The maximum atomic E-state index is 13.0. The number of hydrogen-bond donors (Lipinski definition) is 1. The maximum absolute atomic E-state index is 13.0. The van der Waals surface area contributed by atoms with Crippen LogP contribution in [0.15, 0.2) is 47.7 Å². The van der Waals surface area contributed by atoms with Gasteiger partial charge in [-0.15, -0.1) is 12.4 Å². The van der Waals surface area contributed by atoms with Gasteiger partial charge in [-0.25, -0.2) is 9.20 Å². The molecular formula is C19H23ClN6O2. The van der Waals surface area contributed by atoms with Crippen LogP contribution in [0.5, 0.6) is 0 Å². The highest BCUT2D eigenvalue weighted by Crippen LogP contribution is 2.23. The van der Waals surface area contributed by atoms with Gasteiger partial charge < -0.3 is 10.2 Å². The first-order valence-electron chi connectivity index (χ1n) is 9.16. The second-order valence-electron chi connectivity index (χ2n) is 6.66. The van der Waals surface area contributed by atoms with Gasteiger partial charge in [-0.2, -0.15) is 10.2 Å². The zero-order valence-corrected chi connectivity index (χ0v) is 16.4. The first kappa shape index (κ1) is 20.0. The van der Waals surface area contributed by atoms with E-state index in [1.54, 1.807) is 6.07 Å². The molecule has 148 valence electrons. The van der Waals surface area contributed by atoms with Crippen LogP contribution in [0, 0.1) is 0 Å². The lowest BCUT2D eigenvalue weighted by Gasteiger charge is -2.36. The van der Waals surface area contributed by atoms with Gasteiger partial charge in [0.25, 0.3) is 5.56 Å². The minimum atomic E-state index is -0.317. The van der Waals surface area contributed by atoms with E-state index in [1.165, 1.54) is 27.3 Å². The van der Waals surface area contributed by atoms with E-state index in [4.69, 9.17) is 0 Å². The highest BCUT2D eigenvalue weighted by molar-refractivity contribution is 5.85. The van der Waals surface area contributed by atoms with Crippen LogP contribution in [0.2, 0.25) is 0 Å². The quantitative estimate of drug-likeness (QED) is 0.705. The van der Waals surface area contributed by atoms with Gasteiger partial charge in [0.05, 0.1) is 12.2 Å². The zero-order valence-electron chi connectivity index (χ0n) is 15.6. The molecule has 0 saturated carbocycles. The molecule has 1 fully saturated rings. The molecule has 0 spiro atoms. The van der Waals surface area contributed by atoms with E-state index in [-0.39, 0.29) is 36.5 Å². The van der Waals surface area contributed by atoms with Crippen molar-refractivity contribution in [2.24, 2.45) is 0 Å². The smallest absolute Gasteiger partial charge is 0.293 e. The van der Waals surface area contributed by atoms with Crippen LogP contribution in [0.3, 0.4) is 0 Å². The van der Waals surface area contributed by atoms with Gasteiger partial charge in [0, 0.05) is 19.6 Å². The normalized spacial score (nSPS) is 16.8. The number of carbonyl (C=O) groups is 1. The van der Waals surface area contributed by atoms with Crippen LogP contribution in [0.4, 0.5) is 0 Å². The molecule has 0 aliphatic carbocycles. The molecule has 1 unspecified atom stereocenters. The van der Waals surface area contributed by atoms with Crippen molar-refractivity contribution in [1.82, 2.24) is 29.6 Å². The molecule has 9 heteroatoms. The summed E-state index contributed by atoms with van der Waals surface area (Å²) in [5, 5.41) is 11.4. The van der Waals surface area contributed by atoms with Crippen molar-refractivity contribution < 1.29 is 4.79 Å². The van der Waals surface area contributed by atoms with Crippen molar-refractivity contribution in [2.45, 2.75) is 25.9 Å². The minimum Gasteiger partial charge on any atom is -0.331 e. The van der Waals surface area contributed by atoms with Gasteiger partial charge in [-0.1, -0.05) is 31.2 Å².